The lowest BCUT2D eigenvalue weighted by atomic mass is 9.56. The third-order valence-corrected chi connectivity index (χ3v) is 5.44. The van der Waals surface area contributed by atoms with E-state index in [2.05, 4.69) is 0 Å². The molecule has 1 fully saturated rings. The third-order valence-electron chi connectivity index (χ3n) is 5.44. The molecule has 1 aliphatic rings. The summed E-state index contributed by atoms with van der Waals surface area (Å²) in [6.07, 6.45) is -0.0452. The van der Waals surface area contributed by atoms with Crippen LogP contribution in [0.5, 0.6) is 0 Å². The highest BCUT2D eigenvalue weighted by molar-refractivity contribution is 6.04. The molecular weight excluding hydrogens is 338 g/mol. The van der Waals surface area contributed by atoms with Gasteiger partial charge in [0.25, 0.3) is 0 Å². The van der Waals surface area contributed by atoms with Crippen LogP contribution in [0.1, 0.15) is 50.7 Å². The molecule has 7 heteroatoms. The minimum Gasteiger partial charge on any atom is -0.465 e. The molecule has 0 aromatic heterocycles. The minimum absolute atomic E-state index is 0.00293. The Morgan fingerprint density at radius 2 is 1.88 bits per heavy atom. The van der Waals surface area contributed by atoms with E-state index in [-0.39, 0.29) is 19.4 Å². The molecule has 0 saturated heterocycles. The summed E-state index contributed by atoms with van der Waals surface area (Å²) >= 11 is 0. The number of nitrogens with zero attached hydrogens (tertiary/aromatic N) is 1. The third kappa shape index (κ3) is 3.23. The van der Waals surface area contributed by atoms with E-state index in [1.165, 1.54) is 13.8 Å². The molecule has 0 aliphatic heterocycles. The number of hydrogen-bond donors (Lipinski definition) is 1. The highest BCUT2D eigenvalue weighted by Gasteiger charge is 2.66. The van der Waals surface area contributed by atoms with Crippen molar-refractivity contribution >= 4 is 11.8 Å². The summed E-state index contributed by atoms with van der Waals surface area (Å²) in [5.41, 5.74) is -1.92. The number of benzene rings is 1. The fourth-order valence-corrected chi connectivity index (χ4v) is 4.00. The lowest BCUT2D eigenvalue weighted by molar-refractivity contribution is -0.555. The first-order valence-electron chi connectivity index (χ1n) is 8.68. The largest absolute Gasteiger partial charge is 0.465 e. The van der Waals surface area contributed by atoms with Crippen molar-refractivity contribution in [2.75, 3.05) is 6.61 Å². The highest BCUT2D eigenvalue weighted by atomic mass is 16.6. The second kappa shape index (κ2) is 7.15. The molecule has 0 radical (unpaired) electrons. The molecule has 26 heavy (non-hydrogen) atoms. The topological polar surface area (TPSA) is 107 Å². The van der Waals surface area contributed by atoms with Crippen LogP contribution in [0.15, 0.2) is 24.3 Å². The van der Waals surface area contributed by atoms with Crippen LogP contribution in [0.3, 0.4) is 0 Å². The highest BCUT2D eigenvalue weighted by Crippen LogP contribution is 2.53. The number of aryl methyl sites for hydroxylation is 1. The van der Waals surface area contributed by atoms with Crippen molar-refractivity contribution < 1.29 is 24.4 Å². The van der Waals surface area contributed by atoms with Gasteiger partial charge in [0.2, 0.25) is 6.04 Å². The molecular formula is C19H25NO6. The number of carbonyl (C=O) groups is 2. The van der Waals surface area contributed by atoms with Gasteiger partial charge in [-0.15, -0.1) is 0 Å². The van der Waals surface area contributed by atoms with Gasteiger partial charge in [-0.25, -0.2) is 0 Å². The first-order valence-corrected chi connectivity index (χ1v) is 8.68. The van der Waals surface area contributed by atoms with Gasteiger partial charge in [0.1, 0.15) is 16.8 Å². The molecule has 1 aliphatic carbocycles. The Labute approximate surface area is 152 Å². The van der Waals surface area contributed by atoms with Gasteiger partial charge in [-0.2, -0.15) is 0 Å². The molecule has 0 spiro atoms. The first kappa shape index (κ1) is 20.0. The maximum Gasteiger partial charge on any atom is 0.320 e. The molecule has 0 bridgehead atoms. The van der Waals surface area contributed by atoms with Crippen molar-refractivity contribution in [1.29, 1.82) is 0 Å². The smallest absolute Gasteiger partial charge is 0.320 e. The normalized spacial score (nSPS) is 31.3. The van der Waals surface area contributed by atoms with Crippen molar-refractivity contribution in [2.45, 2.75) is 58.1 Å². The summed E-state index contributed by atoms with van der Waals surface area (Å²) in [7, 11) is 0. The van der Waals surface area contributed by atoms with E-state index in [9.17, 15) is 24.8 Å². The molecule has 0 amide bonds. The molecule has 4 atom stereocenters. The summed E-state index contributed by atoms with van der Waals surface area (Å²) in [4.78, 5) is 36.8. The summed E-state index contributed by atoms with van der Waals surface area (Å²) in [5, 5.41) is 22.6. The number of hydrogen-bond acceptors (Lipinski definition) is 6. The molecule has 2 unspecified atom stereocenters. The van der Waals surface area contributed by atoms with Crippen molar-refractivity contribution in [3.63, 3.8) is 0 Å². The average Bonchev–Trinajstić information content (AvgIpc) is 2.54. The summed E-state index contributed by atoms with van der Waals surface area (Å²) < 4.78 is 5.15. The number of ether oxygens (including phenoxy) is 1. The summed E-state index contributed by atoms with van der Waals surface area (Å²) in [6.45, 7) is 6.20. The zero-order valence-electron chi connectivity index (χ0n) is 15.5. The number of Topliss-reactive ketones (excluding diaryl/α,β-unsaturated/α-hetero) is 1. The monoisotopic (exact) mass is 363 g/mol. The molecule has 1 aromatic rings. The molecule has 1 aromatic carbocycles. The number of ketones is 1. The van der Waals surface area contributed by atoms with Crippen molar-refractivity contribution in [2.24, 2.45) is 5.41 Å². The maximum absolute atomic E-state index is 12.8. The Balaban J connectivity index is 2.75. The average molecular weight is 363 g/mol. The Morgan fingerprint density at radius 1 is 1.31 bits per heavy atom. The predicted molar refractivity (Wildman–Crippen MR) is 94.3 cm³/mol. The second-order valence-corrected chi connectivity index (χ2v) is 7.22. The molecule has 0 heterocycles. The van der Waals surface area contributed by atoms with Gasteiger partial charge in [0, 0.05) is 4.92 Å². The van der Waals surface area contributed by atoms with Crippen LogP contribution >= 0.6 is 0 Å². The van der Waals surface area contributed by atoms with Crippen molar-refractivity contribution in [3.8, 4) is 0 Å². The molecule has 7 nitrogen and oxygen atoms in total. The Hall–Kier alpha value is -2.28. The maximum atomic E-state index is 12.8. The number of esters is 1. The zero-order valence-corrected chi connectivity index (χ0v) is 15.5. The molecule has 1 N–H and O–H groups in total. The number of carbonyl (C=O) groups excluding carboxylic acids is 2. The Kier molecular flexibility index (Phi) is 5.51. The van der Waals surface area contributed by atoms with Crippen LogP contribution in [-0.4, -0.2) is 40.0 Å². The number of aliphatic hydroxyl groups is 1. The zero-order chi connectivity index (χ0) is 19.7. The standard InChI is InChI=1S/C19H25NO6/c1-5-26-17(22)19(13(3)21)11-10-18(4,23)16(20(24)25)15(19)14-8-6-12(2)7-9-14/h6-9,15-16,23H,5,10-11H2,1-4H3/t15-,16-,18?,19?/m0/s1. The quantitative estimate of drug-likeness (QED) is 0.373. The molecule has 2 rings (SSSR count). The van der Waals surface area contributed by atoms with E-state index < -0.39 is 39.7 Å². The van der Waals surface area contributed by atoms with Crippen molar-refractivity contribution in [3.05, 3.63) is 45.5 Å². The summed E-state index contributed by atoms with van der Waals surface area (Å²) in [5.74, 6) is -2.36. The van der Waals surface area contributed by atoms with Gasteiger partial charge in [0.15, 0.2) is 0 Å². The van der Waals surface area contributed by atoms with Gasteiger partial charge in [-0.1, -0.05) is 29.8 Å². The lowest BCUT2D eigenvalue weighted by Crippen LogP contribution is -2.61. The van der Waals surface area contributed by atoms with Crippen LogP contribution in [0, 0.1) is 22.5 Å². The molecule has 1 saturated carbocycles. The van der Waals surface area contributed by atoms with Gasteiger partial charge >= 0.3 is 5.97 Å². The van der Waals surface area contributed by atoms with E-state index in [1.807, 2.05) is 6.92 Å². The predicted octanol–water partition coefficient (Wildman–Crippen LogP) is 2.41. The van der Waals surface area contributed by atoms with Gasteiger partial charge in [-0.3, -0.25) is 19.7 Å². The van der Waals surface area contributed by atoms with Gasteiger partial charge in [0.05, 0.1) is 12.5 Å². The van der Waals surface area contributed by atoms with Crippen LogP contribution < -0.4 is 0 Å². The Bertz CT molecular complexity index is 711. The van der Waals surface area contributed by atoms with E-state index in [0.717, 1.165) is 5.56 Å². The SMILES string of the molecule is CCOC(=O)C1(C(C)=O)CCC(C)(O)[C@@H]([N+](=O)[O-])[C@@H]1c1ccc(C)cc1. The fraction of sp³-hybridized carbons (Fsp3) is 0.579. The van der Waals surface area contributed by atoms with Crippen LogP contribution in [0.25, 0.3) is 0 Å². The van der Waals surface area contributed by atoms with E-state index >= 15 is 0 Å². The van der Waals surface area contributed by atoms with Crippen molar-refractivity contribution in [1.82, 2.24) is 0 Å². The molecule has 142 valence electrons. The summed E-state index contributed by atoms with van der Waals surface area (Å²) in [6, 6.07) is 5.38. The second-order valence-electron chi connectivity index (χ2n) is 7.22. The Morgan fingerprint density at radius 3 is 2.35 bits per heavy atom. The van der Waals surface area contributed by atoms with E-state index in [1.54, 1.807) is 31.2 Å². The first-order chi connectivity index (χ1) is 12.1. The minimum atomic E-state index is -1.69. The number of nitro groups is 1. The van der Waals surface area contributed by atoms with E-state index in [4.69, 9.17) is 4.74 Å². The van der Waals surface area contributed by atoms with Crippen LogP contribution in [0.4, 0.5) is 0 Å². The van der Waals surface area contributed by atoms with E-state index in [0.29, 0.717) is 5.56 Å². The van der Waals surface area contributed by atoms with Crippen LogP contribution in [-0.2, 0) is 14.3 Å². The lowest BCUT2D eigenvalue weighted by Gasteiger charge is -2.46. The van der Waals surface area contributed by atoms with Gasteiger partial charge < -0.3 is 9.84 Å². The van der Waals surface area contributed by atoms with Crippen LogP contribution in [0.2, 0.25) is 0 Å². The number of rotatable bonds is 5. The fourth-order valence-electron chi connectivity index (χ4n) is 4.00. The van der Waals surface area contributed by atoms with Gasteiger partial charge in [-0.05, 0) is 46.1 Å².